The fourth-order valence-electron chi connectivity index (χ4n) is 1.80. The molecule has 0 amide bonds. The van der Waals surface area contributed by atoms with Crippen LogP contribution in [-0.4, -0.2) is 19.6 Å². The van der Waals surface area contributed by atoms with E-state index in [0.29, 0.717) is 16.0 Å². The maximum absolute atomic E-state index is 12.6. The third-order valence-corrected chi connectivity index (χ3v) is 3.83. The van der Waals surface area contributed by atoms with Gasteiger partial charge in [-0.25, -0.2) is 4.98 Å². The summed E-state index contributed by atoms with van der Waals surface area (Å²) in [6.07, 6.45) is -4.65. The Labute approximate surface area is 126 Å². The lowest BCUT2D eigenvalue weighted by atomic mass is 10.4. The molecular formula is C13H9F3N4OS. The summed E-state index contributed by atoms with van der Waals surface area (Å²) < 4.78 is 38.4. The lowest BCUT2D eigenvalue weighted by Gasteiger charge is -2.01. The molecule has 2 heterocycles. The minimum Gasteiger partial charge on any atom is -0.267 e. The highest BCUT2D eigenvalue weighted by Gasteiger charge is 2.35. The summed E-state index contributed by atoms with van der Waals surface area (Å²) in [7, 11) is 0. The van der Waals surface area contributed by atoms with Crippen molar-refractivity contribution in [2.24, 2.45) is 0 Å². The van der Waals surface area contributed by atoms with Crippen molar-refractivity contribution < 1.29 is 13.2 Å². The molecule has 0 saturated heterocycles. The molecule has 5 nitrogen and oxygen atoms in total. The van der Waals surface area contributed by atoms with E-state index in [1.54, 1.807) is 0 Å². The average molecular weight is 326 g/mol. The highest BCUT2D eigenvalue weighted by Crippen LogP contribution is 2.26. The molecule has 0 spiro atoms. The molecule has 3 rings (SSSR count). The number of alkyl halides is 3. The van der Waals surface area contributed by atoms with Crippen LogP contribution >= 0.6 is 11.8 Å². The Bertz CT molecular complexity index is 857. The predicted octanol–water partition coefficient (Wildman–Crippen LogP) is 2.73. The van der Waals surface area contributed by atoms with Gasteiger partial charge in [-0.2, -0.15) is 22.7 Å². The number of H-pyrrole nitrogens is 1. The van der Waals surface area contributed by atoms with Crippen LogP contribution in [0.15, 0.2) is 46.1 Å². The molecule has 0 radical (unpaired) electrons. The number of halogens is 3. The van der Waals surface area contributed by atoms with E-state index in [1.165, 1.54) is 17.8 Å². The zero-order valence-electron chi connectivity index (χ0n) is 11.0. The van der Waals surface area contributed by atoms with Crippen LogP contribution in [-0.2, 0) is 11.9 Å². The monoisotopic (exact) mass is 326 g/mol. The number of hydrogen-bond donors (Lipinski definition) is 1. The zero-order chi connectivity index (χ0) is 15.7. The number of aromatic nitrogens is 4. The van der Waals surface area contributed by atoms with Crippen molar-refractivity contribution in [3.8, 4) is 0 Å². The molecule has 0 aliphatic heterocycles. The Balaban J connectivity index is 1.90. The molecule has 2 aromatic heterocycles. The van der Waals surface area contributed by atoms with E-state index in [4.69, 9.17) is 0 Å². The fourth-order valence-corrected chi connectivity index (χ4v) is 2.61. The van der Waals surface area contributed by atoms with Gasteiger partial charge in [0, 0.05) is 16.7 Å². The summed E-state index contributed by atoms with van der Waals surface area (Å²) in [5.41, 5.74) is -0.254. The first kappa shape index (κ1) is 14.6. The molecular weight excluding hydrogens is 317 g/mol. The van der Waals surface area contributed by atoms with Crippen molar-refractivity contribution >= 4 is 17.5 Å². The first-order chi connectivity index (χ1) is 10.4. The van der Waals surface area contributed by atoms with Gasteiger partial charge in [0.25, 0.3) is 11.3 Å². The van der Waals surface area contributed by atoms with Crippen LogP contribution in [0, 0.1) is 0 Å². The summed E-state index contributed by atoms with van der Waals surface area (Å²) >= 11 is 1.43. The number of fused-ring (bicyclic) bond motifs is 1. The van der Waals surface area contributed by atoms with Crippen molar-refractivity contribution in [3.05, 3.63) is 58.3 Å². The number of benzene rings is 1. The van der Waals surface area contributed by atoms with Gasteiger partial charge >= 0.3 is 6.18 Å². The highest BCUT2D eigenvalue weighted by molar-refractivity contribution is 7.98. The van der Waals surface area contributed by atoms with Gasteiger partial charge in [0.1, 0.15) is 0 Å². The topological polar surface area (TPSA) is 63.0 Å². The Kier molecular flexibility index (Phi) is 3.65. The first-order valence-electron chi connectivity index (χ1n) is 6.17. The smallest absolute Gasteiger partial charge is 0.267 e. The van der Waals surface area contributed by atoms with Crippen molar-refractivity contribution in [3.63, 3.8) is 0 Å². The lowest BCUT2D eigenvalue weighted by Crippen LogP contribution is -2.16. The number of thioether (sulfide) groups is 1. The van der Waals surface area contributed by atoms with Crippen LogP contribution in [0.1, 0.15) is 11.5 Å². The molecule has 22 heavy (non-hydrogen) atoms. The number of hydrogen-bond acceptors (Lipinski definition) is 4. The Morgan fingerprint density at radius 2 is 1.91 bits per heavy atom. The van der Waals surface area contributed by atoms with E-state index >= 15 is 0 Å². The second-order valence-corrected chi connectivity index (χ2v) is 5.44. The maximum Gasteiger partial charge on any atom is 0.451 e. The molecule has 1 aromatic carbocycles. The van der Waals surface area contributed by atoms with E-state index in [-0.39, 0.29) is 5.78 Å². The molecule has 1 N–H and O–H groups in total. The number of nitrogens with one attached hydrogen (secondary N) is 1. The Morgan fingerprint density at radius 3 is 2.59 bits per heavy atom. The summed E-state index contributed by atoms with van der Waals surface area (Å²) in [5.74, 6) is -1.17. The number of rotatable bonds is 3. The third kappa shape index (κ3) is 2.98. The molecule has 0 aliphatic rings. The largest absolute Gasteiger partial charge is 0.451 e. The van der Waals surface area contributed by atoms with Crippen molar-refractivity contribution in [2.45, 2.75) is 16.8 Å². The van der Waals surface area contributed by atoms with Gasteiger partial charge in [-0.05, 0) is 12.1 Å². The molecule has 0 aliphatic carbocycles. The molecule has 114 valence electrons. The maximum atomic E-state index is 12.6. The van der Waals surface area contributed by atoms with Crippen molar-refractivity contribution in [1.82, 2.24) is 19.6 Å². The van der Waals surface area contributed by atoms with E-state index in [9.17, 15) is 18.0 Å². The third-order valence-electron chi connectivity index (χ3n) is 2.78. The van der Waals surface area contributed by atoms with Crippen LogP contribution in [0.2, 0.25) is 0 Å². The minimum atomic E-state index is -4.65. The van der Waals surface area contributed by atoms with Crippen LogP contribution in [0.3, 0.4) is 0 Å². The first-order valence-corrected chi connectivity index (χ1v) is 7.16. The lowest BCUT2D eigenvalue weighted by molar-refractivity contribution is -0.144. The number of nitrogens with zero attached hydrogens (tertiary/aromatic N) is 3. The van der Waals surface area contributed by atoms with E-state index in [2.05, 4.69) is 9.97 Å². The van der Waals surface area contributed by atoms with Gasteiger partial charge in [0.05, 0.1) is 5.69 Å². The van der Waals surface area contributed by atoms with E-state index in [1.807, 2.05) is 35.4 Å². The fraction of sp³-hybridized carbons (Fsp3) is 0.154. The predicted molar refractivity (Wildman–Crippen MR) is 74.6 cm³/mol. The average Bonchev–Trinajstić information content (AvgIpc) is 2.91. The van der Waals surface area contributed by atoms with Gasteiger partial charge in [-0.15, -0.1) is 11.8 Å². The molecule has 3 aromatic rings. The molecule has 0 saturated carbocycles. The van der Waals surface area contributed by atoms with Crippen LogP contribution in [0.25, 0.3) is 5.78 Å². The number of aromatic amines is 1. The highest BCUT2D eigenvalue weighted by atomic mass is 32.2. The van der Waals surface area contributed by atoms with Gasteiger partial charge in [-0.1, -0.05) is 18.2 Å². The van der Waals surface area contributed by atoms with Crippen LogP contribution in [0.5, 0.6) is 0 Å². The summed E-state index contributed by atoms with van der Waals surface area (Å²) in [6.45, 7) is 0. The Hall–Kier alpha value is -2.29. The SMILES string of the molecule is O=c1cc(CSc2ccccc2)nc2nc(C(F)(F)F)[nH]n12. The Morgan fingerprint density at radius 1 is 1.18 bits per heavy atom. The normalized spacial score (nSPS) is 12.0. The van der Waals surface area contributed by atoms with Crippen molar-refractivity contribution in [1.29, 1.82) is 0 Å². The van der Waals surface area contributed by atoms with Gasteiger partial charge < -0.3 is 0 Å². The molecule has 9 heteroatoms. The molecule has 0 unspecified atom stereocenters. The van der Waals surface area contributed by atoms with Gasteiger partial charge in [0.15, 0.2) is 0 Å². The van der Waals surface area contributed by atoms with Gasteiger partial charge in [-0.3, -0.25) is 9.89 Å². The quantitative estimate of drug-likeness (QED) is 0.752. The van der Waals surface area contributed by atoms with Gasteiger partial charge in [0.2, 0.25) is 5.82 Å². The van der Waals surface area contributed by atoms with Crippen molar-refractivity contribution in [2.75, 3.05) is 0 Å². The second kappa shape index (κ2) is 5.48. The zero-order valence-corrected chi connectivity index (χ0v) is 11.8. The molecule has 0 bridgehead atoms. The summed E-state index contributed by atoms with van der Waals surface area (Å²) in [4.78, 5) is 20.1. The van der Waals surface area contributed by atoms with Crippen LogP contribution in [0.4, 0.5) is 13.2 Å². The summed E-state index contributed by atoms with van der Waals surface area (Å²) in [6, 6.07) is 10.6. The van der Waals surface area contributed by atoms with E-state index < -0.39 is 17.6 Å². The second-order valence-electron chi connectivity index (χ2n) is 4.39. The minimum absolute atomic E-state index is 0.288. The van der Waals surface area contributed by atoms with Crippen LogP contribution < -0.4 is 5.56 Å². The molecule has 0 atom stereocenters. The van der Waals surface area contributed by atoms with E-state index in [0.717, 1.165) is 4.90 Å². The molecule has 0 fully saturated rings. The summed E-state index contributed by atoms with van der Waals surface area (Å²) in [5, 5.41) is 1.90. The standard InChI is InChI=1S/C13H9F3N4OS/c14-13(15,16)11-18-12-17-8(6-10(21)20(12)19-11)7-22-9-4-2-1-3-5-9/h1-6H,7H2,(H,17,18,19).